The second-order valence-corrected chi connectivity index (χ2v) is 16.8. The number of aliphatic hydroxyl groups excluding tert-OH is 5. The molecule has 2 aliphatic heterocycles. The van der Waals surface area contributed by atoms with Crippen molar-refractivity contribution < 1.29 is 63.5 Å². The van der Waals surface area contributed by atoms with Crippen molar-refractivity contribution in [2.75, 3.05) is 13.2 Å². The summed E-state index contributed by atoms with van der Waals surface area (Å²) < 4.78 is 34.1. The topological polar surface area (TPSA) is 191 Å². The third-order valence-electron chi connectivity index (χ3n) is 11.1. The first-order chi connectivity index (χ1) is 31.0. The number of unbranched alkanes of at least 4 members (excludes halogenated alkanes) is 10. The van der Waals surface area contributed by atoms with Crippen LogP contribution < -0.4 is 0 Å². The van der Waals surface area contributed by atoms with Crippen LogP contribution in [0.3, 0.4) is 0 Å². The van der Waals surface area contributed by atoms with E-state index in [1.54, 1.807) is 6.92 Å². The molecule has 366 valence electrons. The van der Waals surface area contributed by atoms with Gasteiger partial charge in [-0.2, -0.15) is 0 Å². The van der Waals surface area contributed by atoms with Gasteiger partial charge < -0.3 is 54.0 Å². The highest BCUT2D eigenvalue weighted by Crippen LogP contribution is 2.29. The summed E-state index contributed by atoms with van der Waals surface area (Å²) in [6, 6.07) is 0. The molecule has 0 saturated carbocycles. The smallest absolute Gasteiger partial charge is 0.306 e. The van der Waals surface area contributed by atoms with E-state index >= 15 is 0 Å². The van der Waals surface area contributed by atoms with E-state index in [4.69, 9.17) is 28.4 Å². The zero-order valence-electron chi connectivity index (χ0n) is 39.3. The molecule has 13 nitrogen and oxygen atoms in total. The van der Waals surface area contributed by atoms with Crippen molar-refractivity contribution in [3.63, 3.8) is 0 Å². The lowest BCUT2D eigenvalue weighted by molar-refractivity contribution is -0.353. The van der Waals surface area contributed by atoms with Crippen molar-refractivity contribution in [2.45, 2.75) is 224 Å². The van der Waals surface area contributed by atoms with Gasteiger partial charge in [-0.3, -0.25) is 9.59 Å². The highest BCUT2D eigenvalue weighted by molar-refractivity contribution is 5.70. The largest absolute Gasteiger partial charge is 0.462 e. The van der Waals surface area contributed by atoms with E-state index in [0.29, 0.717) is 12.8 Å². The van der Waals surface area contributed by atoms with Crippen LogP contribution in [0.25, 0.3) is 0 Å². The summed E-state index contributed by atoms with van der Waals surface area (Å²) in [6.07, 6.45) is 29.7. The molecule has 0 aliphatic carbocycles. The van der Waals surface area contributed by atoms with Gasteiger partial charge in [-0.15, -0.1) is 0 Å². The Labute approximate surface area is 384 Å². The van der Waals surface area contributed by atoms with Crippen LogP contribution in [0.5, 0.6) is 0 Å². The summed E-state index contributed by atoms with van der Waals surface area (Å²) in [7, 11) is 0. The first-order valence-electron chi connectivity index (χ1n) is 24.2. The number of rotatable bonds is 34. The van der Waals surface area contributed by atoms with Gasteiger partial charge in [-0.1, -0.05) is 125 Å². The number of aliphatic hydroxyl groups is 5. The lowest BCUT2D eigenvalue weighted by Gasteiger charge is -2.45. The molecule has 5 N–H and O–H groups in total. The van der Waals surface area contributed by atoms with Crippen LogP contribution in [0.1, 0.15) is 156 Å². The minimum atomic E-state index is -1.63. The zero-order chi connectivity index (χ0) is 46.8. The molecule has 0 aromatic carbocycles. The van der Waals surface area contributed by atoms with Gasteiger partial charge in [0.2, 0.25) is 0 Å². The Balaban J connectivity index is 1.80. The Kier molecular flexibility index (Phi) is 32.3. The molecule has 0 aromatic heterocycles. The van der Waals surface area contributed by atoms with Gasteiger partial charge in [0.1, 0.15) is 43.2 Å². The monoisotopic (exact) mass is 905 g/mol. The number of hydrogen-bond acceptors (Lipinski definition) is 13. The maximum absolute atomic E-state index is 13.0. The second kappa shape index (κ2) is 36.2. The van der Waals surface area contributed by atoms with E-state index in [9.17, 15) is 35.1 Å². The third kappa shape index (κ3) is 25.1. The first kappa shape index (κ1) is 57.1. The average molecular weight is 905 g/mol. The van der Waals surface area contributed by atoms with E-state index in [1.165, 1.54) is 6.92 Å². The minimum absolute atomic E-state index is 0.185. The predicted molar refractivity (Wildman–Crippen MR) is 249 cm³/mol. The van der Waals surface area contributed by atoms with Crippen molar-refractivity contribution in [2.24, 2.45) is 0 Å². The fourth-order valence-electron chi connectivity index (χ4n) is 7.21. The summed E-state index contributed by atoms with van der Waals surface area (Å²) >= 11 is 0. The standard InChI is InChI=1S/C51H84O13/c1-5-7-9-11-13-15-17-19-21-23-25-27-29-31-33-35-42(52)59-37-41(63-43(53)36-34-32-30-28-26-24-22-20-18-16-14-12-10-8-6-2)38-60-50-48(58)46(56)49(40(4)62-50)64-51-47(57)45(55)44(54)39(3)61-51/h7-10,13-16,19-22,39-41,44-51,54-58H,5-6,11-12,17-18,23-38H2,1-4H3. The fraction of sp³-hybridized carbons (Fsp3) is 0.725. The lowest BCUT2D eigenvalue weighted by Crippen LogP contribution is -2.63. The van der Waals surface area contributed by atoms with Crippen molar-refractivity contribution in [3.05, 3.63) is 72.9 Å². The van der Waals surface area contributed by atoms with E-state index in [1.807, 2.05) is 0 Å². The van der Waals surface area contributed by atoms with Gasteiger partial charge in [0.25, 0.3) is 0 Å². The van der Waals surface area contributed by atoms with Gasteiger partial charge in [0.05, 0.1) is 18.8 Å². The van der Waals surface area contributed by atoms with Crippen molar-refractivity contribution in [1.82, 2.24) is 0 Å². The highest BCUT2D eigenvalue weighted by Gasteiger charge is 2.49. The number of allylic oxidation sites excluding steroid dienone is 12. The maximum atomic E-state index is 13.0. The molecule has 2 saturated heterocycles. The highest BCUT2D eigenvalue weighted by atomic mass is 16.7. The molecular weight excluding hydrogens is 821 g/mol. The van der Waals surface area contributed by atoms with E-state index in [2.05, 4.69) is 86.8 Å². The zero-order valence-corrected chi connectivity index (χ0v) is 39.3. The molecule has 0 aromatic rings. The molecule has 0 amide bonds. The maximum Gasteiger partial charge on any atom is 0.306 e. The summed E-state index contributed by atoms with van der Waals surface area (Å²) in [6.45, 7) is 6.77. The molecule has 11 unspecified atom stereocenters. The normalized spacial score (nSPS) is 27.3. The Morgan fingerprint density at radius 3 is 1.50 bits per heavy atom. The third-order valence-corrected chi connectivity index (χ3v) is 11.1. The van der Waals surface area contributed by atoms with Crippen LogP contribution in [0.4, 0.5) is 0 Å². The Bertz CT molecular complexity index is 1390. The van der Waals surface area contributed by atoms with Crippen molar-refractivity contribution in [1.29, 1.82) is 0 Å². The van der Waals surface area contributed by atoms with Crippen LogP contribution >= 0.6 is 0 Å². The Morgan fingerprint density at radius 2 is 0.953 bits per heavy atom. The first-order valence-corrected chi connectivity index (χ1v) is 24.2. The number of hydrogen-bond donors (Lipinski definition) is 5. The van der Waals surface area contributed by atoms with Gasteiger partial charge >= 0.3 is 11.9 Å². The molecule has 64 heavy (non-hydrogen) atoms. The Morgan fingerprint density at radius 1 is 0.500 bits per heavy atom. The van der Waals surface area contributed by atoms with Gasteiger partial charge in [-0.25, -0.2) is 0 Å². The molecule has 2 heterocycles. The average Bonchev–Trinajstić information content (AvgIpc) is 3.28. The molecule has 2 rings (SSSR count). The Hall–Kier alpha value is -2.98. The summed E-state index contributed by atoms with van der Waals surface area (Å²) in [5.41, 5.74) is 0. The summed E-state index contributed by atoms with van der Waals surface area (Å²) in [4.78, 5) is 25.7. The van der Waals surface area contributed by atoms with Crippen LogP contribution in [0, 0.1) is 0 Å². The van der Waals surface area contributed by atoms with Crippen molar-refractivity contribution >= 4 is 11.9 Å². The number of carbonyl (C=O) groups is 2. The van der Waals surface area contributed by atoms with Gasteiger partial charge in [0.15, 0.2) is 18.7 Å². The molecule has 2 fully saturated rings. The van der Waals surface area contributed by atoms with Crippen molar-refractivity contribution in [3.8, 4) is 0 Å². The summed E-state index contributed by atoms with van der Waals surface area (Å²) in [5.74, 6) is -0.873. The number of carbonyl (C=O) groups excluding carboxylic acids is 2. The molecular formula is C51H84O13. The molecule has 2 aliphatic rings. The molecule has 13 heteroatoms. The number of ether oxygens (including phenoxy) is 6. The van der Waals surface area contributed by atoms with Crippen LogP contribution in [0.15, 0.2) is 72.9 Å². The van der Waals surface area contributed by atoms with Crippen LogP contribution in [-0.2, 0) is 38.0 Å². The minimum Gasteiger partial charge on any atom is -0.462 e. The molecule has 11 atom stereocenters. The van der Waals surface area contributed by atoms with Crippen LogP contribution in [-0.4, -0.2) is 118 Å². The SMILES string of the molecule is CCC=CCC=CCC=CCCCCCCCC(=O)OCC(COC1OC(C)C(OC2OC(C)C(O)C(O)C2O)C(O)C1O)OC(=O)CCCCCCCC=CCC=CCC=CCC. The lowest BCUT2D eigenvalue weighted by atomic mass is 9.97. The molecule has 0 bridgehead atoms. The molecule has 0 spiro atoms. The van der Waals surface area contributed by atoms with E-state index < -0.39 is 79.5 Å². The van der Waals surface area contributed by atoms with Crippen LogP contribution in [0.2, 0.25) is 0 Å². The van der Waals surface area contributed by atoms with E-state index in [-0.39, 0.29) is 26.1 Å². The van der Waals surface area contributed by atoms with E-state index in [0.717, 1.165) is 103 Å². The fourth-order valence-corrected chi connectivity index (χ4v) is 7.21. The molecule has 0 radical (unpaired) electrons. The summed E-state index contributed by atoms with van der Waals surface area (Å²) in [5, 5.41) is 52.6. The second-order valence-electron chi connectivity index (χ2n) is 16.8. The predicted octanol–water partition coefficient (Wildman–Crippen LogP) is 8.32. The van der Waals surface area contributed by atoms with Gasteiger partial charge in [0, 0.05) is 12.8 Å². The van der Waals surface area contributed by atoms with Gasteiger partial charge in [-0.05, 0) is 90.9 Å². The quantitative estimate of drug-likeness (QED) is 0.0236. The number of esters is 2.